The maximum Gasteiger partial charge on any atom is 0.267 e. The van der Waals surface area contributed by atoms with Gasteiger partial charge in [0.25, 0.3) is 5.56 Å². The van der Waals surface area contributed by atoms with E-state index in [1.807, 2.05) is 49.4 Å². The van der Waals surface area contributed by atoms with Crippen molar-refractivity contribution in [3.63, 3.8) is 0 Å². The molecule has 0 aliphatic rings. The Labute approximate surface area is 129 Å². The van der Waals surface area contributed by atoms with Gasteiger partial charge in [-0.05, 0) is 59.3 Å². The summed E-state index contributed by atoms with van der Waals surface area (Å²) in [6.45, 7) is 1.94. The first-order chi connectivity index (χ1) is 9.58. The Bertz CT molecular complexity index is 871. The summed E-state index contributed by atoms with van der Waals surface area (Å²) < 4.78 is 2.46. The van der Waals surface area contributed by atoms with Crippen LogP contribution in [-0.4, -0.2) is 9.55 Å². The summed E-state index contributed by atoms with van der Waals surface area (Å²) >= 11 is 2.18. The Morgan fingerprint density at radius 3 is 2.70 bits per heavy atom. The first-order valence-corrected chi connectivity index (χ1v) is 7.19. The van der Waals surface area contributed by atoms with Crippen LogP contribution in [0.4, 0.5) is 5.95 Å². The molecule has 0 radical (unpaired) electrons. The molecular formula is C15H12IN3O. The van der Waals surface area contributed by atoms with Crippen molar-refractivity contribution in [2.75, 3.05) is 5.73 Å². The van der Waals surface area contributed by atoms with Gasteiger partial charge in [-0.2, -0.15) is 0 Å². The molecule has 5 heteroatoms. The standard InChI is InChI=1S/C15H12IN3O/c1-9-4-2-3-5-13(9)19-14(20)11-8-10(16)6-7-12(11)18-15(19)17/h2-8H,1H3,(H2,17,18). The largest absolute Gasteiger partial charge is 0.369 e. The van der Waals surface area contributed by atoms with Crippen molar-refractivity contribution in [3.8, 4) is 5.69 Å². The zero-order valence-electron chi connectivity index (χ0n) is 10.8. The lowest BCUT2D eigenvalue weighted by atomic mass is 10.2. The number of hydrogen-bond donors (Lipinski definition) is 1. The highest BCUT2D eigenvalue weighted by Crippen LogP contribution is 2.18. The van der Waals surface area contributed by atoms with Crippen molar-refractivity contribution < 1.29 is 0 Å². The Morgan fingerprint density at radius 1 is 1.20 bits per heavy atom. The number of anilines is 1. The average Bonchev–Trinajstić information content (AvgIpc) is 2.42. The number of halogens is 1. The second-order valence-corrected chi connectivity index (χ2v) is 5.80. The van der Waals surface area contributed by atoms with Crippen LogP contribution >= 0.6 is 22.6 Å². The second kappa shape index (κ2) is 4.90. The number of fused-ring (bicyclic) bond motifs is 1. The van der Waals surface area contributed by atoms with E-state index in [-0.39, 0.29) is 11.5 Å². The molecule has 0 unspecified atom stereocenters. The smallest absolute Gasteiger partial charge is 0.267 e. The van der Waals surface area contributed by atoms with Gasteiger partial charge >= 0.3 is 0 Å². The number of nitrogens with two attached hydrogens (primary N) is 1. The highest BCUT2D eigenvalue weighted by atomic mass is 127. The fourth-order valence-electron chi connectivity index (χ4n) is 2.22. The van der Waals surface area contributed by atoms with Crippen molar-refractivity contribution in [2.24, 2.45) is 0 Å². The maximum absolute atomic E-state index is 12.7. The normalized spacial score (nSPS) is 10.9. The Hall–Kier alpha value is -1.89. The molecule has 20 heavy (non-hydrogen) atoms. The van der Waals surface area contributed by atoms with Crippen LogP contribution in [0.5, 0.6) is 0 Å². The van der Waals surface area contributed by atoms with Crippen molar-refractivity contribution in [1.82, 2.24) is 9.55 Å². The van der Waals surface area contributed by atoms with Crippen molar-refractivity contribution in [3.05, 3.63) is 62.0 Å². The zero-order valence-corrected chi connectivity index (χ0v) is 13.0. The molecule has 0 amide bonds. The molecule has 0 saturated carbocycles. The lowest BCUT2D eigenvalue weighted by Crippen LogP contribution is -2.23. The molecule has 0 aliphatic carbocycles. The van der Waals surface area contributed by atoms with E-state index in [1.54, 1.807) is 0 Å². The maximum atomic E-state index is 12.7. The third-order valence-electron chi connectivity index (χ3n) is 3.21. The van der Waals surface area contributed by atoms with Crippen LogP contribution in [0.1, 0.15) is 5.56 Å². The van der Waals surface area contributed by atoms with Gasteiger partial charge in [-0.3, -0.25) is 4.79 Å². The van der Waals surface area contributed by atoms with E-state index < -0.39 is 0 Å². The van der Waals surface area contributed by atoms with Crippen LogP contribution in [0.2, 0.25) is 0 Å². The lowest BCUT2D eigenvalue weighted by molar-refractivity contribution is 0.971. The molecule has 3 rings (SSSR count). The van der Waals surface area contributed by atoms with Crippen LogP contribution in [-0.2, 0) is 0 Å². The molecular weight excluding hydrogens is 365 g/mol. The number of nitrogens with zero attached hydrogens (tertiary/aromatic N) is 2. The molecule has 0 spiro atoms. The van der Waals surface area contributed by atoms with Crippen LogP contribution in [0.25, 0.3) is 16.6 Å². The molecule has 1 aromatic heterocycles. The SMILES string of the molecule is Cc1ccccc1-n1c(N)nc2ccc(I)cc2c1=O. The van der Waals surface area contributed by atoms with Crippen LogP contribution in [0, 0.1) is 10.5 Å². The third kappa shape index (κ3) is 2.07. The summed E-state index contributed by atoms with van der Waals surface area (Å²) in [5, 5.41) is 0.578. The van der Waals surface area contributed by atoms with Gasteiger partial charge in [0.2, 0.25) is 5.95 Å². The number of benzene rings is 2. The third-order valence-corrected chi connectivity index (χ3v) is 3.88. The zero-order chi connectivity index (χ0) is 14.3. The van der Waals surface area contributed by atoms with E-state index in [0.717, 1.165) is 14.8 Å². The number of nitrogen functional groups attached to an aromatic ring is 1. The van der Waals surface area contributed by atoms with Gasteiger partial charge in [0, 0.05) is 3.57 Å². The highest BCUT2D eigenvalue weighted by Gasteiger charge is 2.12. The minimum Gasteiger partial charge on any atom is -0.369 e. The summed E-state index contributed by atoms with van der Waals surface area (Å²) in [5.41, 5.74) is 8.21. The molecule has 0 atom stereocenters. The van der Waals surface area contributed by atoms with Gasteiger partial charge in [-0.1, -0.05) is 18.2 Å². The predicted octanol–water partition coefficient (Wildman–Crippen LogP) is 2.88. The number of aryl methyl sites for hydroxylation is 1. The van der Waals surface area contributed by atoms with Crippen molar-refractivity contribution in [1.29, 1.82) is 0 Å². The van der Waals surface area contributed by atoms with Gasteiger partial charge in [0.15, 0.2) is 0 Å². The van der Waals surface area contributed by atoms with Crippen LogP contribution < -0.4 is 11.3 Å². The van der Waals surface area contributed by atoms with Gasteiger partial charge in [-0.25, -0.2) is 9.55 Å². The molecule has 2 aromatic carbocycles. The Kier molecular flexibility index (Phi) is 3.21. The van der Waals surface area contributed by atoms with E-state index >= 15 is 0 Å². The quantitative estimate of drug-likeness (QED) is 0.664. The molecule has 4 nitrogen and oxygen atoms in total. The summed E-state index contributed by atoms with van der Waals surface area (Å²) in [6, 6.07) is 13.2. The van der Waals surface area contributed by atoms with E-state index in [9.17, 15) is 4.79 Å². The first-order valence-electron chi connectivity index (χ1n) is 6.12. The minimum absolute atomic E-state index is 0.139. The van der Waals surface area contributed by atoms with Crippen molar-refractivity contribution in [2.45, 2.75) is 6.92 Å². The summed E-state index contributed by atoms with van der Waals surface area (Å²) in [5.74, 6) is 0.206. The predicted molar refractivity (Wildman–Crippen MR) is 89.2 cm³/mol. The fraction of sp³-hybridized carbons (Fsp3) is 0.0667. The van der Waals surface area contributed by atoms with E-state index in [1.165, 1.54) is 4.57 Å². The molecule has 0 aliphatic heterocycles. The van der Waals surface area contributed by atoms with Gasteiger partial charge in [0.05, 0.1) is 16.6 Å². The Balaban J connectivity index is 2.43. The fourth-order valence-corrected chi connectivity index (χ4v) is 2.71. The van der Waals surface area contributed by atoms with Crippen molar-refractivity contribution >= 4 is 39.4 Å². The molecule has 0 bridgehead atoms. The van der Waals surface area contributed by atoms with E-state index in [0.29, 0.717) is 10.9 Å². The molecule has 0 fully saturated rings. The number of aromatic nitrogens is 2. The summed E-state index contributed by atoms with van der Waals surface area (Å²) in [7, 11) is 0. The topological polar surface area (TPSA) is 60.9 Å². The summed E-state index contributed by atoms with van der Waals surface area (Å²) in [4.78, 5) is 17.0. The van der Waals surface area contributed by atoms with E-state index in [2.05, 4.69) is 27.6 Å². The number of hydrogen-bond acceptors (Lipinski definition) is 3. The molecule has 3 aromatic rings. The molecule has 100 valence electrons. The minimum atomic E-state index is -0.139. The average molecular weight is 377 g/mol. The van der Waals surface area contributed by atoms with Gasteiger partial charge in [0.1, 0.15) is 0 Å². The second-order valence-electron chi connectivity index (χ2n) is 4.56. The molecule has 0 saturated heterocycles. The van der Waals surface area contributed by atoms with Crippen LogP contribution in [0.15, 0.2) is 47.3 Å². The Morgan fingerprint density at radius 2 is 1.95 bits per heavy atom. The lowest BCUT2D eigenvalue weighted by Gasteiger charge is -2.12. The summed E-state index contributed by atoms with van der Waals surface area (Å²) in [6.07, 6.45) is 0. The van der Waals surface area contributed by atoms with E-state index in [4.69, 9.17) is 5.73 Å². The highest BCUT2D eigenvalue weighted by molar-refractivity contribution is 14.1. The van der Waals surface area contributed by atoms with Gasteiger partial charge < -0.3 is 5.73 Å². The monoisotopic (exact) mass is 377 g/mol. The van der Waals surface area contributed by atoms with Crippen LogP contribution in [0.3, 0.4) is 0 Å². The number of para-hydroxylation sites is 1. The van der Waals surface area contributed by atoms with Gasteiger partial charge in [-0.15, -0.1) is 0 Å². The first kappa shape index (κ1) is 13.1. The molecule has 2 N–H and O–H groups in total. The molecule has 1 heterocycles. The number of rotatable bonds is 1.